The molecule has 0 radical (unpaired) electrons. The second kappa shape index (κ2) is 4.68. The molecule has 2 N–H and O–H groups in total. The SMILES string of the molecule is Nc1cc(F)c(OCC2CCCC2)c(F)c1. The molecule has 0 aliphatic heterocycles. The Morgan fingerprint density at radius 1 is 1.19 bits per heavy atom. The van der Waals surface area contributed by atoms with E-state index in [2.05, 4.69) is 0 Å². The summed E-state index contributed by atoms with van der Waals surface area (Å²) in [5, 5.41) is 0. The maximum atomic E-state index is 13.3. The number of hydrogen-bond donors (Lipinski definition) is 1. The standard InChI is InChI=1S/C12H15F2NO/c13-10-5-9(15)6-11(14)12(10)16-7-8-3-1-2-4-8/h5-6,8H,1-4,7,15H2. The molecule has 0 heterocycles. The number of ether oxygens (including phenoxy) is 1. The molecule has 1 aliphatic carbocycles. The summed E-state index contributed by atoms with van der Waals surface area (Å²) < 4.78 is 31.9. The summed E-state index contributed by atoms with van der Waals surface area (Å²) in [6.07, 6.45) is 4.53. The lowest BCUT2D eigenvalue weighted by Gasteiger charge is -2.12. The van der Waals surface area contributed by atoms with E-state index in [1.165, 1.54) is 12.8 Å². The van der Waals surface area contributed by atoms with Crippen LogP contribution in [0.5, 0.6) is 5.75 Å². The van der Waals surface area contributed by atoms with Gasteiger partial charge in [-0.3, -0.25) is 0 Å². The predicted octanol–water partition coefficient (Wildman–Crippen LogP) is 3.12. The summed E-state index contributed by atoms with van der Waals surface area (Å²) in [7, 11) is 0. The molecule has 0 saturated heterocycles. The minimum Gasteiger partial charge on any atom is -0.487 e. The van der Waals surface area contributed by atoms with Gasteiger partial charge in [0.05, 0.1) is 6.61 Å². The van der Waals surface area contributed by atoms with Crippen LogP contribution in [0.4, 0.5) is 14.5 Å². The third kappa shape index (κ3) is 2.43. The van der Waals surface area contributed by atoms with Gasteiger partial charge in [0, 0.05) is 17.8 Å². The lowest BCUT2D eigenvalue weighted by Crippen LogP contribution is -2.10. The lowest BCUT2D eigenvalue weighted by atomic mass is 10.1. The van der Waals surface area contributed by atoms with E-state index >= 15 is 0 Å². The van der Waals surface area contributed by atoms with Crippen LogP contribution in [0.25, 0.3) is 0 Å². The first-order chi connectivity index (χ1) is 7.66. The van der Waals surface area contributed by atoms with Crippen molar-refractivity contribution in [2.75, 3.05) is 12.3 Å². The summed E-state index contributed by atoms with van der Waals surface area (Å²) in [6.45, 7) is 0.387. The predicted molar refractivity (Wildman–Crippen MR) is 58.2 cm³/mol. The maximum absolute atomic E-state index is 13.3. The molecule has 1 aliphatic rings. The van der Waals surface area contributed by atoms with E-state index in [1.54, 1.807) is 0 Å². The van der Waals surface area contributed by atoms with E-state index in [0.717, 1.165) is 25.0 Å². The van der Waals surface area contributed by atoms with Crippen LogP contribution in [0.2, 0.25) is 0 Å². The van der Waals surface area contributed by atoms with Gasteiger partial charge in [0.2, 0.25) is 0 Å². The van der Waals surface area contributed by atoms with Crippen LogP contribution in [0.1, 0.15) is 25.7 Å². The Morgan fingerprint density at radius 3 is 2.31 bits per heavy atom. The largest absolute Gasteiger partial charge is 0.487 e. The summed E-state index contributed by atoms with van der Waals surface area (Å²) in [5.74, 6) is -1.33. The smallest absolute Gasteiger partial charge is 0.190 e. The third-order valence-corrected chi connectivity index (χ3v) is 2.96. The van der Waals surface area contributed by atoms with E-state index in [9.17, 15) is 8.78 Å². The van der Waals surface area contributed by atoms with Gasteiger partial charge in [-0.25, -0.2) is 8.78 Å². The number of benzene rings is 1. The second-order valence-electron chi connectivity index (χ2n) is 4.28. The average molecular weight is 227 g/mol. The molecule has 2 rings (SSSR count). The maximum Gasteiger partial charge on any atom is 0.190 e. The van der Waals surface area contributed by atoms with Gasteiger partial charge in [0.15, 0.2) is 17.4 Å². The Morgan fingerprint density at radius 2 is 1.75 bits per heavy atom. The molecule has 1 saturated carbocycles. The van der Waals surface area contributed by atoms with E-state index in [-0.39, 0.29) is 11.4 Å². The Kier molecular flexibility index (Phi) is 3.27. The molecule has 88 valence electrons. The van der Waals surface area contributed by atoms with Gasteiger partial charge in [-0.2, -0.15) is 0 Å². The zero-order chi connectivity index (χ0) is 11.5. The van der Waals surface area contributed by atoms with Crippen molar-refractivity contribution < 1.29 is 13.5 Å². The van der Waals surface area contributed by atoms with Gasteiger partial charge >= 0.3 is 0 Å². The molecule has 0 bridgehead atoms. The second-order valence-corrected chi connectivity index (χ2v) is 4.28. The van der Waals surface area contributed by atoms with Crippen LogP contribution < -0.4 is 10.5 Å². The van der Waals surface area contributed by atoms with Gasteiger partial charge in [0.25, 0.3) is 0 Å². The Balaban J connectivity index is 2.03. The molecular weight excluding hydrogens is 212 g/mol. The summed E-state index contributed by atoms with van der Waals surface area (Å²) in [4.78, 5) is 0. The normalized spacial score (nSPS) is 16.6. The monoisotopic (exact) mass is 227 g/mol. The van der Waals surface area contributed by atoms with Gasteiger partial charge in [-0.15, -0.1) is 0 Å². The minimum atomic E-state index is -0.726. The number of nitrogen functional groups attached to an aromatic ring is 1. The lowest BCUT2D eigenvalue weighted by molar-refractivity contribution is 0.231. The van der Waals surface area contributed by atoms with Crippen molar-refractivity contribution in [3.63, 3.8) is 0 Å². The Labute approximate surface area is 93.4 Å². The number of halogens is 2. The quantitative estimate of drug-likeness (QED) is 0.805. The average Bonchev–Trinajstić information content (AvgIpc) is 2.68. The number of rotatable bonds is 3. The molecule has 1 fully saturated rings. The van der Waals surface area contributed by atoms with E-state index in [4.69, 9.17) is 10.5 Å². The molecule has 0 spiro atoms. The van der Waals surface area contributed by atoms with Crippen molar-refractivity contribution in [2.45, 2.75) is 25.7 Å². The minimum absolute atomic E-state index is 0.0724. The van der Waals surface area contributed by atoms with Gasteiger partial charge in [-0.1, -0.05) is 12.8 Å². The molecule has 1 aromatic carbocycles. The van der Waals surface area contributed by atoms with Gasteiger partial charge in [0.1, 0.15) is 0 Å². The summed E-state index contributed by atoms with van der Waals surface area (Å²) in [5.41, 5.74) is 5.38. The number of hydrogen-bond acceptors (Lipinski definition) is 2. The van der Waals surface area contributed by atoms with E-state index < -0.39 is 11.6 Å². The van der Waals surface area contributed by atoms with Gasteiger partial charge < -0.3 is 10.5 Å². The zero-order valence-corrected chi connectivity index (χ0v) is 9.01. The van der Waals surface area contributed by atoms with Crippen molar-refractivity contribution in [1.82, 2.24) is 0 Å². The van der Waals surface area contributed by atoms with Crippen LogP contribution in [0, 0.1) is 17.6 Å². The first kappa shape index (κ1) is 11.2. The highest BCUT2D eigenvalue weighted by Crippen LogP contribution is 2.28. The highest BCUT2D eigenvalue weighted by molar-refractivity contribution is 5.44. The van der Waals surface area contributed by atoms with Crippen LogP contribution >= 0.6 is 0 Å². The molecule has 0 unspecified atom stereocenters. The summed E-state index contributed by atoms with van der Waals surface area (Å²) >= 11 is 0. The van der Waals surface area contributed by atoms with Crippen molar-refractivity contribution in [3.05, 3.63) is 23.8 Å². The van der Waals surface area contributed by atoms with Crippen LogP contribution in [0.3, 0.4) is 0 Å². The molecule has 0 amide bonds. The highest BCUT2D eigenvalue weighted by atomic mass is 19.1. The van der Waals surface area contributed by atoms with Crippen molar-refractivity contribution in [3.8, 4) is 5.75 Å². The van der Waals surface area contributed by atoms with Crippen LogP contribution in [-0.2, 0) is 0 Å². The Bertz CT molecular complexity index is 352. The topological polar surface area (TPSA) is 35.2 Å². The summed E-state index contributed by atoms with van der Waals surface area (Å²) in [6, 6.07) is 2.15. The van der Waals surface area contributed by atoms with E-state index in [1.807, 2.05) is 0 Å². The first-order valence-corrected chi connectivity index (χ1v) is 5.54. The van der Waals surface area contributed by atoms with Crippen molar-refractivity contribution in [2.24, 2.45) is 5.92 Å². The van der Waals surface area contributed by atoms with Crippen LogP contribution in [-0.4, -0.2) is 6.61 Å². The third-order valence-electron chi connectivity index (χ3n) is 2.96. The van der Waals surface area contributed by atoms with Gasteiger partial charge in [-0.05, 0) is 18.8 Å². The molecule has 0 aromatic heterocycles. The number of anilines is 1. The fourth-order valence-corrected chi connectivity index (χ4v) is 2.10. The zero-order valence-electron chi connectivity index (χ0n) is 9.01. The Hall–Kier alpha value is -1.32. The molecule has 0 atom stereocenters. The molecule has 1 aromatic rings. The first-order valence-electron chi connectivity index (χ1n) is 5.54. The van der Waals surface area contributed by atoms with E-state index in [0.29, 0.717) is 12.5 Å². The van der Waals surface area contributed by atoms with Crippen molar-refractivity contribution >= 4 is 5.69 Å². The highest BCUT2D eigenvalue weighted by Gasteiger charge is 2.18. The molecular formula is C12H15F2NO. The molecule has 2 nitrogen and oxygen atoms in total. The molecule has 4 heteroatoms. The van der Waals surface area contributed by atoms with Crippen LogP contribution in [0.15, 0.2) is 12.1 Å². The number of nitrogens with two attached hydrogens (primary N) is 1. The molecule has 16 heavy (non-hydrogen) atoms. The van der Waals surface area contributed by atoms with Crippen molar-refractivity contribution in [1.29, 1.82) is 0 Å². The fraction of sp³-hybridized carbons (Fsp3) is 0.500. The fourth-order valence-electron chi connectivity index (χ4n) is 2.10.